The van der Waals surface area contributed by atoms with Gasteiger partial charge in [0.2, 0.25) is 0 Å². The molecule has 0 fully saturated rings. The average Bonchev–Trinajstić information content (AvgIpc) is 2.73. The van der Waals surface area contributed by atoms with Crippen LogP contribution in [0.4, 0.5) is 0 Å². The molecule has 0 aromatic carbocycles. The highest BCUT2D eigenvalue weighted by molar-refractivity contribution is 7.16. The Kier molecular flexibility index (Phi) is 2.63. The largest absolute Gasteiger partial charge is 0.463 e. The first-order chi connectivity index (χ1) is 6.66. The topological polar surface area (TPSA) is 33.4 Å². The van der Waals surface area contributed by atoms with Crippen LogP contribution in [0.1, 0.15) is 22.5 Å². The molecule has 2 heterocycles. The van der Waals surface area contributed by atoms with Gasteiger partial charge in [0, 0.05) is 4.88 Å². The van der Waals surface area contributed by atoms with Crippen LogP contribution in [0.5, 0.6) is 0 Å². The minimum Gasteiger partial charge on any atom is -0.463 e. The van der Waals surface area contributed by atoms with Crippen LogP contribution in [0, 0.1) is 6.92 Å². The van der Waals surface area contributed by atoms with E-state index in [0.717, 1.165) is 10.6 Å². The van der Waals surface area contributed by atoms with Crippen molar-refractivity contribution in [3.05, 3.63) is 45.0 Å². The molecule has 0 saturated heterocycles. The Morgan fingerprint density at radius 1 is 1.36 bits per heavy atom. The zero-order valence-electron chi connectivity index (χ0n) is 7.53. The molecule has 0 unspecified atom stereocenters. The minimum absolute atomic E-state index is 0.556. The molecule has 0 radical (unpaired) electrons. The number of rotatable bonds is 2. The van der Waals surface area contributed by atoms with Crippen molar-refractivity contribution in [2.75, 3.05) is 0 Å². The van der Waals surface area contributed by atoms with Crippen LogP contribution in [-0.4, -0.2) is 5.11 Å². The van der Waals surface area contributed by atoms with E-state index in [0.29, 0.717) is 10.1 Å². The van der Waals surface area contributed by atoms with E-state index in [1.165, 1.54) is 11.3 Å². The van der Waals surface area contributed by atoms with Crippen LogP contribution < -0.4 is 0 Å². The van der Waals surface area contributed by atoms with Gasteiger partial charge in [-0.05, 0) is 31.2 Å². The van der Waals surface area contributed by atoms with Gasteiger partial charge in [-0.25, -0.2) is 0 Å². The van der Waals surface area contributed by atoms with E-state index < -0.39 is 6.10 Å². The lowest BCUT2D eigenvalue weighted by atomic mass is 10.2. The summed E-state index contributed by atoms with van der Waals surface area (Å²) < 4.78 is 5.99. The van der Waals surface area contributed by atoms with Gasteiger partial charge in [-0.2, -0.15) is 0 Å². The van der Waals surface area contributed by atoms with Crippen molar-refractivity contribution in [1.82, 2.24) is 0 Å². The molecule has 0 aliphatic carbocycles. The Balaban J connectivity index is 2.28. The minimum atomic E-state index is -0.707. The Morgan fingerprint density at radius 2 is 2.14 bits per heavy atom. The fourth-order valence-electron chi connectivity index (χ4n) is 1.22. The maximum absolute atomic E-state index is 9.88. The lowest BCUT2D eigenvalue weighted by molar-refractivity contribution is 0.191. The van der Waals surface area contributed by atoms with Crippen LogP contribution in [-0.2, 0) is 0 Å². The van der Waals surface area contributed by atoms with Gasteiger partial charge in [0.15, 0.2) is 0 Å². The molecule has 0 bridgehead atoms. The van der Waals surface area contributed by atoms with Gasteiger partial charge in [-0.1, -0.05) is 11.6 Å². The molecule has 74 valence electrons. The predicted octanol–water partition coefficient (Wildman–Crippen LogP) is 3.38. The number of hydrogen-bond acceptors (Lipinski definition) is 3. The van der Waals surface area contributed by atoms with Gasteiger partial charge in [0.25, 0.3) is 0 Å². The normalized spacial score (nSPS) is 13.1. The fourth-order valence-corrected chi connectivity index (χ4v) is 2.27. The Hall–Kier alpha value is -0.770. The standard InChI is InChI=1S/C10H9ClO2S/c1-6-2-3-7(13-6)10(12)8-4-5-9(11)14-8/h2-5,10,12H,1H3/t10-/m1/s1. The zero-order chi connectivity index (χ0) is 10.1. The molecule has 1 atom stereocenters. The Morgan fingerprint density at radius 3 is 2.64 bits per heavy atom. The first-order valence-electron chi connectivity index (χ1n) is 4.16. The molecule has 0 amide bonds. The molecule has 2 aromatic heterocycles. The predicted molar refractivity (Wildman–Crippen MR) is 56.8 cm³/mol. The van der Waals surface area contributed by atoms with E-state index >= 15 is 0 Å². The lowest BCUT2D eigenvalue weighted by Gasteiger charge is -2.03. The molecule has 2 nitrogen and oxygen atoms in total. The second-order valence-electron chi connectivity index (χ2n) is 2.99. The van der Waals surface area contributed by atoms with Crippen LogP contribution in [0.15, 0.2) is 28.7 Å². The number of halogens is 1. The van der Waals surface area contributed by atoms with Crippen molar-refractivity contribution in [1.29, 1.82) is 0 Å². The van der Waals surface area contributed by atoms with Crippen molar-refractivity contribution >= 4 is 22.9 Å². The highest BCUT2D eigenvalue weighted by Gasteiger charge is 2.15. The summed E-state index contributed by atoms with van der Waals surface area (Å²) in [5, 5.41) is 9.88. The molecule has 1 N–H and O–H groups in total. The van der Waals surface area contributed by atoms with E-state index in [1.54, 1.807) is 18.2 Å². The van der Waals surface area contributed by atoms with Gasteiger partial charge in [-0.3, -0.25) is 0 Å². The average molecular weight is 229 g/mol. The second kappa shape index (κ2) is 3.77. The molecular formula is C10H9ClO2S. The third-order valence-electron chi connectivity index (χ3n) is 1.89. The maximum atomic E-state index is 9.88. The molecular weight excluding hydrogens is 220 g/mol. The van der Waals surface area contributed by atoms with Crippen LogP contribution in [0.2, 0.25) is 4.34 Å². The van der Waals surface area contributed by atoms with E-state index in [2.05, 4.69) is 0 Å². The second-order valence-corrected chi connectivity index (χ2v) is 4.74. The summed E-state index contributed by atoms with van der Waals surface area (Å²) in [6, 6.07) is 7.16. The van der Waals surface area contributed by atoms with Gasteiger partial charge in [0.1, 0.15) is 17.6 Å². The summed E-state index contributed by atoms with van der Waals surface area (Å²) in [5.41, 5.74) is 0. The Bertz CT molecular complexity index is 393. The van der Waals surface area contributed by atoms with E-state index in [4.69, 9.17) is 16.0 Å². The van der Waals surface area contributed by atoms with E-state index in [9.17, 15) is 5.11 Å². The molecule has 0 aliphatic heterocycles. The van der Waals surface area contributed by atoms with Crippen LogP contribution >= 0.6 is 22.9 Å². The van der Waals surface area contributed by atoms with E-state index in [1.807, 2.05) is 13.0 Å². The Labute approximate surface area is 90.8 Å². The summed E-state index contributed by atoms with van der Waals surface area (Å²) in [7, 11) is 0. The number of aliphatic hydroxyl groups excluding tert-OH is 1. The van der Waals surface area contributed by atoms with Crippen molar-refractivity contribution in [3.63, 3.8) is 0 Å². The maximum Gasteiger partial charge on any atom is 0.146 e. The van der Waals surface area contributed by atoms with Crippen molar-refractivity contribution in [2.45, 2.75) is 13.0 Å². The molecule has 14 heavy (non-hydrogen) atoms. The number of thiophene rings is 1. The highest BCUT2D eigenvalue weighted by atomic mass is 35.5. The molecule has 4 heteroatoms. The molecule has 0 spiro atoms. The smallest absolute Gasteiger partial charge is 0.146 e. The number of furan rings is 1. The highest BCUT2D eigenvalue weighted by Crippen LogP contribution is 2.31. The number of aliphatic hydroxyl groups is 1. The molecule has 2 rings (SSSR count). The molecule has 0 saturated carbocycles. The van der Waals surface area contributed by atoms with Gasteiger partial charge in [-0.15, -0.1) is 11.3 Å². The van der Waals surface area contributed by atoms with Crippen LogP contribution in [0.25, 0.3) is 0 Å². The third kappa shape index (κ3) is 1.85. The van der Waals surface area contributed by atoms with Crippen molar-refractivity contribution in [3.8, 4) is 0 Å². The fraction of sp³-hybridized carbons (Fsp3) is 0.200. The molecule has 2 aromatic rings. The number of hydrogen-bond donors (Lipinski definition) is 1. The summed E-state index contributed by atoms with van der Waals surface area (Å²) in [5.74, 6) is 1.35. The summed E-state index contributed by atoms with van der Waals surface area (Å²) >= 11 is 7.13. The summed E-state index contributed by atoms with van der Waals surface area (Å²) in [6.07, 6.45) is -0.707. The van der Waals surface area contributed by atoms with Crippen LogP contribution in [0.3, 0.4) is 0 Å². The monoisotopic (exact) mass is 228 g/mol. The van der Waals surface area contributed by atoms with Gasteiger partial charge >= 0.3 is 0 Å². The van der Waals surface area contributed by atoms with Gasteiger partial charge < -0.3 is 9.52 Å². The zero-order valence-corrected chi connectivity index (χ0v) is 9.10. The van der Waals surface area contributed by atoms with Crippen molar-refractivity contribution < 1.29 is 9.52 Å². The summed E-state index contributed by atoms with van der Waals surface area (Å²) in [4.78, 5) is 0.796. The van der Waals surface area contributed by atoms with Gasteiger partial charge in [0.05, 0.1) is 4.34 Å². The lowest BCUT2D eigenvalue weighted by Crippen LogP contribution is -1.93. The van der Waals surface area contributed by atoms with Crippen molar-refractivity contribution in [2.24, 2.45) is 0 Å². The molecule has 0 aliphatic rings. The third-order valence-corrected chi connectivity index (χ3v) is 3.18. The number of aryl methyl sites for hydroxylation is 1. The van der Waals surface area contributed by atoms with E-state index in [-0.39, 0.29) is 0 Å². The SMILES string of the molecule is Cc1ccc([C@@H](O)c2ccc(Cl)s2)o1. The quantitative estimate of drug-likeness (QED) is 0.855. The first-order valence-corrected chi connectivity index (χ1v) is 5.36. The first kappa shape index (κ1) is 9.77. The summed E-state index contributed by atoms with van der Waals surface area (Å²) in [6.45, 7) is 1.84.